The van der Waals surface area contributed by atoms with Crippen molar-refractivity contribution < 1.29 is 9.53 Å². The fourth-order valence-corrected chi connectivity index (χ4v) is 3.36. The molecule has 122 valence electrons. The van der Waals surface area contributed by atoms with Crippen molar-refractivity contribution in [1.82, 2.24) is 9.88 Å². The van der Waals surface area contributed by atoms with Crippen molar-refractivity contribution in [3.8, 4) is 0 Å². The number of carbonyl (C=O) groups excluding carboxylic acids is 1. The van der Waals surface area contributed by atoms with Crippen LogP contribution in [0.1, 0.15) is 41.4 Å². The molecule has 0 radical (unpaired) electrons. The summed E-state index contributed by atoms with van der Waals surface area (Å²) in [6.45, 7) is 7.13. The monoisotopic (exact) mass is 312 g/mol. The number of methoxy groups -OCH3 is 1. The first-order valence-corrected chi connectivity index (χ1v) is 8.29. The van der Waals surface area contributed by atoms with Gasteiger partial charge in [0.15, 0.2) is 0 Å². The van der Waals surface area contributed by atoms with Crippen LogP contribution in [0.4, 0.5) is 0 Å². The number of piperidine rings is 1. The summed E-state index contributed by atoms with van der Waals surface area (Å²) in [5.74, 6) is 0.499. The summed E-state index contributed by atoms with van der Waals surface area (Å²) in [6, 6.07) is 7.98. The van der Waals surface area contributed by atoms with E-state index in [0.29, 0.717) is 12.1 Å². The summed E-state index contributed by atoms with van der Waals surface area (Å²) in [7, 11) is 1.43. The molecular formula is C19H24N2O2. The number of esters is 1. The molecule has 0 bridgehead atoms. The molecule has 4 nitrogen and oxygen atoms in total. The Morgan fingerprint density at radius 2 is 2.00 bits per heavy atom. The van der Waals surface area contributed by atoms with E-state index in [1.165, 1.54) is 20.0 Å². The van der Waals surface area contributed by atoms with Crippen molar-refractivity contribution >= 4 is 16.9 Å². The van der Waals surface area contributed by atoms with E-state index in [4.69, 9.17) is 9.72 Å². The molecule has 23 heavy (non-hydrogen) atoms. The highest BCUT2D eigenvalue weighted by atomic mass is 16.5. The largest absolute Gasteiger partial charge is 0.465 e. The molecule has 0 N–H and O–H groups in total. The van der Waals surface area contributed by atoms with Gasteiger partial charge in [0.25, 0.3) is 0 Å². The number of likely N-dealkylation sites (tertiary alicyclic amines) is 1. The topological polar surface area (TPSA) is 42.4 Å². The molecule has 1 aliphatic rings. The van der Waals surface area contributed by atoms with Gasteiger partial charge in [0.2, 0.25) is 0 Å². The molecule has 4 heteroatoms. The number of fused-ring (bicyclic) bond motifs is 1. The van der Waals surface area contributed by atoms with Gasteiger partial charge in [-0.2, -0.15) is 0 Å². The Morgan fingerprint density at radius 1 is 1.30 bits per heavy atom. The third-order valence-electron chi connectivity index (χ3n) is 4.87. The molecule has 1 aromatic carbocycles. The predicted molar refractivity (Wildman–Crippen MR) is 91.5 cm³/mol. The molecule has 1 aromatic heterocycles. The Labute approximate surface area is 137 Å². The quantitative estimate of drug-likeness (QED) is 0.813. The molecule has 3 rings (SSSR count). The number of hydrogen-bond acceptors (Lipinski definition) is 4. The van der Waals surface area contributed by atoms with Crippen molar-refractivity contribution in [1.29, 1.82) is 0 Å². The molecule has 1 fully saturated rings. The lowest BCUT2D eigenvalue weighted by Gasteiger charge is -2.30. The Morgan fingerprint density at radius 3 is 2.70 bits per heavy atom. The summed E-state index contributed by atoms with van der Waals surface area (Å²) in [6.07, 6.45) is 2.42. The zero-order valence-electron chi connectivity index (χ0n) is 14.1. The van der Waals surface area contributed by atoms with Gasteiger partial charge in [-0.15, -0.1) is 0 Å². The number of para-hydroxylation sites is 1. The first-order valence-electron chi connectivity index (χ1n) is 8.29. The standard InChI is InChI=1S/C19H24N2O2/c1-13-8-10-21(11-9-13)12-17-18(19(22)23-3)14(2)15-6-4-5-7-16(15)20-17/h4-7,13H,8-12H2,1-3H3. The lowest BCUT2D eigenvalue weighted by atomic mass is 9.97. The summed E-state index contributed by atoms with van der Waals surface area (Å²) in [5, 5.41) is 1.02. The number of hydrogen-bond donors (Lipinski definition) is 0. The lowest BCUT2D eigenvalue weighted by Crippen LogP contribution is -2.33. The van der Waals surface area contributed by atoms with Gasteiger partial charge in [-0.05, 0) is 50.4 Å². The highest BCUT2D eigenvalue weighted by molar-refractivity contribution is 5.98. The van der Waals surface area contributed by atoms with Crippen LogP contribution in [0.3, 0.4) is 0 Å². The van der Waals surface area contributed by atoms with Crippen molar-refractivity contribution in [2.75, 3.05) is 20.2 Å². The van der Waals surface area contributed by atoms with E-state index >= 15 is 0 Å². The number of aryl methyl sites for hydroxylation is 1. The van der Waals surface area contributed by atoms with E-state index < -0.39 is 0 Å². The van der Waals surface area contributed by atoms with Crippen LogP contribution < -0.4 is 0 Å². The Hall–Kier alpha value is -1.94. The number of pyridine rings is 1. The van der Waals surface area contributed by atoms with Crippen LogP contribution in [-0.2, 0) is 11.3 Å². The summed E-state index contributed by atoms with van der Waals surface area (Å²) >= 11 is 0. The average Bonchev–Trinajstić information content (AvgIpc) is 2.57. The number of ether oxygens (including phenoxy) is 1. The number of nitrogens with zero attached hydrogens (tertiary/aromatic N) is 2. The predicted octanol–water partition coefficient (Wildman–Crippen LogP) is 3.56. The molecule has 2 aromatic rings. The molecule has 0 saturated carbocycles. The normalized spacial score (nSPS) is 16.7. The van der Waals surface area contributed by atoms with Crippen molar-refractivity contribution in [3.05, 3.63) is 41.1 Å². The summed E-state index contributed by atoms with van der Waals surface area (Å²) < 4.78 is 5.02. The van der Waals surface area contributed by atoms with Crippen LogP contribution in [0, 0.1) is 12.8 Å². The molecule has 0 aliphatic carbocycles. The minimum Gasteiger partial charge on any atom is -0.465 e. The van der Waals surface area contributed by atoms with Gasteiger partial charge in [0, 0.05) is 11.9 Å². The second-order valence-corrected chi connectivity index (χ2v) is 6.53. The zero-order chi connectivity index (χ0) is 16.4. The maximum absolute atomic E-state index is 12.3. The number of benzene rings is 1. The molecular weight excluding hydrogens is 288 g/mol. The molecule has 0 unspecified atom stereocenters. The van der Waals surface area contributed by atoms with Crippen LogP contribution in [0.2, 0.25) is 0 Å². The number of carbonyl (C=O) groups is 1. The van der Waals surface area contributed by atoms with Gasteiger partial charge in [-0.25, -0.2) is 4.79 Å². The Kier molecular flexibility index (Phi) is 4.62. The zero-order valence-corrected chi connectivity index (χ0v) is 14.1. The van der Waals surface area contributed by atoms with Gasteiger partial charge in [-0.1, -0.05) is 25.1 Å². The fourth-order valence-electron chi connectivity index (χ4n) is 3.36. The van der Waals surface area contributed by atoms with Crippen LogP contribution >= 0.6 is 0 Å². The maximum atomic E-state index is 12.3. The Balaban J connectivity index is 2.01. The van der Waals surface area contributed by atoms with Crippen LogP contribution in [0.5, 0.6) is 0 Å². The molecule has 0 spiro atoms. The minimum absolute atomic E-state index is 0.291. The SMILES string of the molecule is COC(=O)c1c(CN2CCC(C)CC2)nc2ccccc2c1C. The van der Waals surface area contributed by atoms with Crippen LogP contribution in [0.15, 0.2) is 24.3 Å². The highest BCUT2D eigenvalue weighted by Gasteiger charge is 2.23. The van der Waals surface area contributed by atoms with Crippen molar-refractivity contribution in [2.24, 2.45) is 5.92 Å². The third kappa shape index (κ3) is 3.22. The Bertz CT molecular complexity index is 719. The van der Waals surface area contributed by atoms with E-state index in [-0.39, 0.29) is 5.97 Å². The van der Waals surface area contributed by atoms with Gasteiger partial charge in [-0.3, -0.25) is 9.88 Å². The van der Waals surface area contributed by atoms with Crippen LogP contribution in [0.25, 0.3) is 10.9 Å². The molecule has 2 heterocycles. The van der Waals surface area contributed by atoms with E-state index in [9.17, 15) is 4.79 Å². The van der Waals surface area contributed by atoms with E-state index in [0.717, 1.165) is 41.2 Å². The lowest BCUT2D eigenvalue weighted by molar-refractivity contribution is 0.0596. The van der Waals surface area contributed by atoms with Crippen molar-refractivity contribution in [2.45, 2.75) is 33.2 Å². The van der Waals surface area contributed by atoms with Gasteiger partial charge in [0.05, 0.1) is 23.9 Å². The van der Waals surface area contributed by atoms with Gasteiger partial charge >= 0.3 is 5.97 Å². The van der Waals surface area contributed by atoms with E-state index in [2.05, 4.69) is 11.8 Å². The minimum atomic E-state index is -0.291. The summed E-state index contributed by atoms with van der Waals surface area (Å²) in [5.41, 5.74) is 3.37. The highest BCUT2D eigenvalue weighted by Crippen LogP contribution is 2.26. The molecule has 0 amide bonds. The number of rotatable bonds is 3. The second-order valence-electron chi connectivity index (χ2n) is 6.53. The first kappa shape index (κ1) is 15.9. The van der Waals surface area contributed by atoms with Gasteiger partial charge in [0.1, 0.15) is 0 Å². The maximum Gasteiger partial charge on any atom is 0.340 e. The van der Waals surface area contributed by atoms with E-state index in [1.54, 1.807) is 0 Å². The molecule has 1 aliphatic heterocycles. The average molecular weight is 312 g/mol. The number of aromatic nitrogens is 1. The summed E-state index contributed by atoms with van der Waals surface area (Å²) in [4.78, 5) is 19.5. The smallest absolute Gasteiger partial charge is 0.340 e. The second kappa shape index (κ2) is 6.67. The third-order valence-corrected chi connectivity index (χ3v) is 4.87. The van der Waals surface area contributed by atoms with Crippen LogP contribution in [-0.4, -0.2) is 36.1 Å². The molecule has 0 atom stereocenters. The van der Waals surface area contributed by atoms with E-state index in [1.807, 2.05) is 31.2 Å². The van der Waals surface area contributed by atoms with Crippen molar-refractivity contribution in [3.63, 3.8) is 0 Å². The molecule has 1 saturated heterocycles. The van der Waals surface area contributed by atoms with Gasteiger partial charge < -0.3 is 4.74 Å². The fraction of sp³-hybridized carbons (Fsp3) is 0.474. The first-order chi connectivity index (χ1) is 11.1.